The van der Waals surface area contributed by atoms with Crippen LogP contribution in [-0.2, 0) is 4.79 Å². The second-order valence-electron chi connectivity index (χ2n) is 4.99. The third-order valence-electron chi connectivity index (χ3n) is 2.37. The number of hydrogen-bond donors (Lipinski definition) is 1. The van der Waals surface area contributed by atoms with E-state index in [4.69, 9.17) is 0 Å². The predicted molar refractivity (Wildman–Crippen MR) is 79.1 cm³/mol. The third kappa shape index (κ3) is 16.6. The average molecular weight is 367 g/mol. The first-order valence-electron chi connectivity index (χ1n) is 6.50. The normalized spacial score (nSPS) is 13.3. The Balaban J connectivity index is 0. The van der Waals surface area contributed by atoms with Crippen LogP contribution in [0.4, 0.5) is 0 Å². The standard InChI is InChI=1S/C10H20O2S.3CH3.Sn/c1-3-5-6-8(4-2)7-9(13)10(11)12;;;;/h8-9,13H,3-7H2,1-2H3,(H,11,12);3*1H3;/q;;;;+1/p-1. The summed E-state index contributed by atoms with van der Waals surface area (Å²) in [5.74, 6) is -0.557. The van der Waals surface area contributed by atoms with E-state index >= 15 is 0 Å². The van der Waals surface area contributed by atoms with Crippen LogP contribution >= 0.6 is 12.6 Å². The summed E-state index contributed by atoms with van der Waals surface area (Å²) in [7, 11) is 0. The van der Waals surface area contributed by atoms with Crippen molar-refractivity contribution in [2.24, 2.45) is 5.92 Å². The molecule has 0 aliphatic heterocycles. The second kappa shape index (κ2) is 13.1. The molecule has 0 bridgehead atoms. The van der Waals surface area contributed by atoms with Gasteiger partial charge in [-0.15, -0.1) is 0 Å². The minimum absolute atomic E-state index is 0.486. The predicted octanol–water partition coefficient (Wildman–Crippen LogP) is 3.01. The molecular formula is C13H28O2SSn. The molecule has 2 unspecified atom stereocenters. The summed E-state index contributed by atoms with van der Waals surface area (Å²) in [5, 5.41) is 9.84. The van der Waals surface area contributed by atoms with Crippen molar-refractivity contribution in [3.8, 4) is 0 Å². The quantitative estimate of drug-likeness (QED) is 0.555. The third-order valence-corrected chi connectivity index (χ3v) is 2.79. The molecule has 102 valence electrons. The van der Waals surface area contributed by atoms with E-state index in [9.17, 15) is 9.90 Å². The van der Waals surface area contributed by atoms with Gasteiger partial charge in [0.25, 0.3) is 0 Å². The molecule has 0 saturated carbocycles. The second-order valence-corrected chi connectivity index (χ2v) is 14.2. The maximum atomic E-state index is 10.4. The van der Waals surface area contributed by atoms with Crippen LogP contribution in [0.25, 0.3) is 0 Å². The molecule has 0 radical (unpaired) electrons. The van der Waals surface area contributed by atoms with Gasteiger partial charge < -0.3 is 9.90 Å². The van der Waals surface area contributed by atoms with Crippen LogP contribution in [-0.4, -0.2) is 31.0 Å². The monoisotopic (exact) mass is 368 g/mol. The maximum absolute atomic E-state index is 10.4. The number of carboxylic acid groups (broad SMARTS) is 1. The fourth-order valence-electron chi connectivity index (χ4n) is 1.39. The molecule has 0 N–H and O–H groups in total. The molecular weight excluding hydrogens is 339 g/mol. The molecule has 2 atom stereocenters. The van der Waals surface area contributed by atoms with Crippen molar-refractivity contribution in [2.45, 2.75) is 66.0 Å². The van der Waals surface area contributed by atoms with Crippen molar-refractivity contribution in [3.05, 3.63) is 0 Å². The molecule has 2 nitrogen and oxygen atoms in total. The fourth-order valence-corrected chi connectivity index (χ4v) is 1.69. The molecule has 0 aromatic carbocycles. The van der Waals surface area contributed by atoms with Gasteiger partial charge in [0.15, 0.2) is 0 Å². The molecule has 0 heterocycles. The van der Waals surface area contributed by atoms with E-state index in [1.165, 1.54) is 12.8 Å². The first-order valence-corrected chi connectivity index (χ1v) is 15.6. The first kappa shape index (κ1) is 19.9. The van der Waals surface area contributed by atoms with Gasteiger partial charge in [0.2, 0.25) is 0 Å². The van der Waals surface area contributed by atoms with Crippen molar-refractivity contribution >= 4 is 38.4 Å². The molecule has 0 aliphatic rings. The summed E-state index contributed by atoms with van der Waals surface area (Å²) in [6.07, 6.45) is 5.12. The van der Waals surface area contributed by atoms with Crippen LogP contribution in [0.2, 0.25) is 14.8 Å². The summed E-state index contributed by atoms with van der Waals surface area (Å²) in [6, 6.07) is 0. The Morgan fingerprint density at radius 3 is 2.06 bits per heavy atom. The Labute approximate surface area is 120 Å². The molecule has 0 aromatic rings. The first-order chi connectivity index (χ1) is 7.84. The number of carbonyl (C=O) groups excluding carboxylic acids is 1. The Kier molecular flexibility index (Phi) is 15.3. The van der Waals surface area contributed by atoms with Crippen LogP contribution in [0.5, 0.6) is 0 Å². The molecule has 0 amide bonds. The molecule has 0 aromatic heterocycles. The van der Waals surface area contributed by atoms with Gasteiger partial charge in [0, 0.05) is 5.25 Å². The van der Waals surface area contributed by atoms with E-state index in [2.05, 4.69) is 41.3 Å². The fraction of sp³-hybridized carbons (Fsp3) is 0.923. The van der Waals surface area contributed by atoms with Gasteiger partial charge in [-0.3, -0.25) is 0 Å². The number of hydrogen-bond acceptors (Lipinski definition) is 3. The van der Waals surface area contributed by atoms with Crippen molar-refractivity contribution in [1.82, 2.24) is 0 Å². The van der Waals surface area contributed by atoms with Gasteiger partial charge in [-0.25, -0.2) is 0 Å². The number of aliphatic carboxylic acids is 1. The van der Waals surface area contributed by atoms with E-state index < -0.39 is 31.0 Å². The Morgan fingerprint density at radius 1 is 1.29 bits per heavy atom. The van der Waals surface area contributed by atoms with Crippen LogP contribution in [0.1, 0.15) is 46.0 Å². The summed E-state index contributed by atoms with van der Waals surface area (Å²) in [5.41, 5.74) is 0. The number of carboxylic acids is 1. The molecule has 4 heteroatoms. The summed E-state index contributed by atoms with van der Waals surface area (Å²) < 4.78 is 0. The Bertz CT molecular complexity index is 184. The van der Waals surface area contributed by atoms with Gasteiger partial charge in [-0.2, -0.15) is 12.6 Å². The summed E-state index contributed by atoms with van der Waals surface area (Å²) >= 11 is 3.43. The van der Waals surface area contributed by atoms with Gasteiger partial charge in [-0.05, 0) is 12.3 Å². The van der Waals surface area contributed by atoms with Crippen molar-refractivity contribution in [1.29, 1.82) is 0 Å². The van der Waals surface area contributed by atoms with Gasteiger partial charge in [-0.1, -0.05) is 39.5 Å². The zero-order valence-electron chi connectivity index (χ0n) is 12.0. The minimum atomic E-state index is -1.04. The zero-order chi connectivity index (χ0) is 13.8. The number of carbonyl (C=O) groups is 1. The van der Waals surface area contributed by atoms with Crippen molar-refractivity contribution in [2.75, 3.05) is 0 Å². The van der Waals surface area contributed by atoms with E-state index in [-0.39, 0.29) is 0 Å². The van der Waals surface area contributed by atoms with Crippen molar-refractivity contribution < 1.29 is 9.90 Å². The van der Waals surface area contributed by atoms with Gasteiger partial charge in [0.05, 0.1) is 5.97 Å². The van der Waals surface area contributed by atoms with Crippen molar-refractivity contribution in [3.63, 3.8) is 0 Å². The van der Waals surface area contributed by atoms with E-state index in [0.717, 1.165) is 12.8 Å². The molecule has 0 saturated heterocycles. The molecule has 0 aliphatic carbocycles. The number of rotatable bonds is 7. The van der Waals surface area contributed by atoms with Crippen LogP contribution in [0.15, 0.2) is 0 Å². The number of unbranched alkanes of at least 4 members (excludes halogenated alkanes) is 1. The molecule has 17 heavy (non-hydrogen) atoms. The molecule has 0 spiro atoms. The van der Waals surface area contributed by atoms with E-state index in [0.29, 0.717) is 12.3 Å². The molecule has 0 fully saturated rings. The van der Waals surface area contributed by atoms with Gasteiger partial charge in [0.1, 0.15) is 0 Å². The topological polar surface area (TPSA) is 40.1 Å². The zero-order valence-corrected chi connectivity index (χ0v) is 15.7. The Morgan fingerprint density at radius 2 is 1.76 bits per heavy atom. The van der Waals surface area contributed by atoms with Gasteiger partial charge >= 0.3 is 34.6 Å². The number of thiol groups is 1. The van der Waals surface area contributed by atoms with Crippen LogP contribution < -0.4 is 5.11 Å². The molecule has 0 rings (SSSR count). The van der Waals surface area contributed by atoms with E-state index in [1.807, 2.05) is 0 Å². The Hall–Kier alpha value is 0.619. The van der Waals surface area contributed by atoms with E-state index in [1.54, 1.807) is 0 Å². The SMILES string of the molecule is CCCCC(CC)CC(S)C(=O)[O-].[CH3][Sn+]([CH3])[CH3]. The summed E-state index contributed by atoms with van der Waals surface area (Å²) in [4.78, 5) is 17.5. The van der Waals surface area contributed by atoms with Crippen LogP contribution in [0, 0.1) is 5.92 Å². The van der Waals surface area contributed by atoms with Crippen LogP contribution in [0.3, 0.4) is 0 Å². The average Bonchev–Trinajstić information content (AvgIpc) is 2.22. The summed E-state index contributed by atoms with van der Waals surface area (Å²) in [6.45, 7) is 4.24.